The number of aliphatic imine (C=N–C) groups is 1. The molecule has 7 heteroatoms. The number of benzene rings is 1. The Balaban J connectivity index is 1.65. The summed E-state index contributed by atoms with van der Waals surface area (Å²) in [5.74, 6) is 0.978. The van der Waals surface area contributed by atoms with Crippen LogP contribution < -0.4 is 10.6 Å². The first-order valence-electron chi connectivity index (χ1n) is 10.8. The van der Waals surface area contributed by atoms with Gasteiger partial charge in [0.25, 0.3) is 0 Å². The number of guanidine groups is 1. The number of imidazole rings is 1. The standard InChI is InChI=1S/C23H34N6O/c1-4-25-22(27-17-23(10-5-6-11-23)21(30)28(2)3)26-15-19-8-7-9-20(14-19)16-29-13-12-24-18-29/h7-9,12-14,18H,4-6,10-11,15-17H2,1-3H3,(H2,25,26,27). The molecular formula is C23H34N6O. The summed E-state index contributed by atoms with van der Waals surface area (Å²) in [6.45, 7) is 4.84. The molecule has 0 spiro atoms. The molecule has 0 atom stereocenters. The minimum absolute atomic E-state index is 0.218. The van der Waals surface area contributed by atoms with Crippen LogP contribution in [0.25, 0.3) is 0 Å². The van der Waals surface area contributed by atoms with Gasteiger partial charge in [-0.2, -0.15) is 0 Å². The lowest BCUT2D eigenvalue weighted by molar-refractivity contribution is -0.138. The van der Waals surface area contributed by atoms with Gasteiger partial charge in [0.15, 0.2) is 5.96 Å². The SMILES string of the molecule is CCNC(=NCc1cccc(Cn2ccnc2)c1)NCC1(C(=O)N(C)C)CCCC1. The zero-order chi connectivity index (χ0) is 21.4. The summed E-state index contributed by atoms with van der Waals surface area (Å²) in [5.41, 5.74) is 2.06. The van der Waals surface area contributed by atoms with Crippen molar-refractivity contribution in [2.45, 2.75) is 45.7 Å². The van der Waals surface area contributed by atoms with Gasteiger partial charge in [0.1, 0.15) is 0 Å². The third-order valence-electron chi connectivity index (χ3n) is 5.69. The van der Waals surface area contributed by atoms with Crippen molar-refractivity contribution in [2.24, 2.45) is 10.4 Å². The molecule has 1 aliphatic rings. The molecule has 7 nitrogen and oxygen atoms in total. The van der Waals surface area contributed by atoms with E-state index in [1.54, 1.807) is 11.1 Å². The quantitative estimate of drug-likeness (QED) is 0.518. The van der Waals surface area contributed by atoms with Gasteiger partial charge >= 0.3 is 0 Å². The number of nitrogens with one attached hydrogen (secondary N) is 2. The molecule has 0 unspecified atom stereocenters. The highest BCUT2D eigenvalue weighted by atomic mass is 16.2. The third-order valence-corrected chi connectivity index (χ3v) is 5.69. The highest BCUT2D eigenvalue weighted by Crippen LogP contribution is 2.38. The zero-order valence-corrected chi connectivity index (χ0v) is 18.4. The number of aromatic nitrogens is 2. The molecule has 1 aliphatic carbocycles. The van der Waals surface area contributed by atoms with E-state index < -0.39 is 0 Å². The van der Waals surface area contributed by atoms with E-state index in [0.29, 0.717) is 13.1 Å². The summed E-state index contributed by atoms with van der Waals surface area (Å²) in [6.07, 6.45) is 9.68. The van der Waals surface area contributed by atoms with Gasteiger partial charge in [0, 0.05) is 46.1 Å². The van der Waals surface area contributed by atoms with Crippen LogP contribution in [0.1, 0.15) is 43.7 Å². The molecule has 0 saturated heterocycles. The Hall–Kier alpha value is -2.83. The van der Waals surface area contributed by atoms with Crippen LogP contribution in [-0.4, -0.2) is 53.5 Å². The van der Waals surface area contributed by atoms with E-state index in [4.69, 9.17) is 4.99 Å². The second-order valence-electron chi connectivity index (χ2n) is 8.29. The van der Waals surface area contributed by atoms with Crippen molar-refractivity contribution in [3.05, 3.63) is 54.1 Å². The van der Waals surface area contributed by atoms with Crippen molar-refractivity contribution in [2.75, 3.05) is 27.2 Å². The first-order chi connectivity index (χ1) is 14.5. The number of amides is 1. The number of carbonyl (C=O) groups excluding carboxylic acids is 1. The molecule has 0 radical (unpaired) electrons. The molecule has 2 aromatic rings. The summed E-state index contributed by atoms with van der Waals surface area (Å²) in [6, 6.07) is 8.47. The number of carbonyl (C=O) groups is 1. The van der Waals surface area contributed by atoms with Crippen molar-refractivity contribution < 1.29 is 4.79 Å². The second kappa shape index (κ2) is 10.3. The maximum atomic E-state index is 12.8. The van der Waals surface area contributed by atoms with Gasteiger partial charge in [-0.25, -0.2) is 9.98 Å². The molecule has 0 bridgehead atoms. The third kappa shape index (κ3) is 5.62. The fourth-order valence-electron chi connectivity index (χ4n) is 4.17. The van der Waals surface area contributed by atoms with E-state index in [9.17, 15) is 4.79 Å². The van der Waals surface area contributed by atoms with E-state index in [1.807, 2.05) is 26.6 Å². The molecule has 0 aliphatic heterocycles. The minimum Gasteiger partial charge on any atom is -0.357 e. The monoisotopic (exact) mass is 410 g/mol. The topological polar surface area (TPSA) is 74.5 Å². The smallest absolute Gasteiger partial charge is 0.230 e. The largest absolute Gasteiger partial charge is 0.357 e. The lowest BCUT2D eigenvalue weighted by atomic mass is 9.84. The first kappa shape index (κ1) is 21.9. The lowest BCUT2D eigenvalue weighted by Crippen LogP contribution is -2.49. The molecule has 1 aromatic heterocycles. The summed E-state index contributed by atoms with van der Waals surface area (Å²) in [4.78, 5) is 23.4. The van der Waals surface area contributed by atoms with Crippen molar-refractivity contribution >= 4 is 11.9 Å². The second-order valence-corrected chi connectivity index (χ2v) is 8.29. The number of hydrogen-bond donors (Lipinski definition) is 2. The van der Waals surface area contributed by atoms with Gasteiger partial charge in [-0.3, -0.25) is 4.79 Å². The minimum atomic E-state index is -0.315. The Bertz CT molecular complexity index is 837. The summed E-state index contributed by atoms with van der Waals surface area (Å²) in [7, 11) is 3.69. The Morgan fingerprint density at radius 3 is 2.67 bits per heavy atom. The highest BCUT2D eigenvalue weighted by molar-refractivity contribution is 5.85. The molecule has 1 aromatic carbocycles. The molecular weight excluding hydrogens is 376 g/mol. The van der Waals surface area contributed by atoms with Crippen LogP contribution in [0.15, 0.2) is 48.0 Å². The molecule has 3 rings (SSSR count). The molecule has 30 heavy (non-hydrogen) atoms. The summed E-state index contributed by atoms with van der Waals surface area (Å²) < 4.78 is 2.05. The van der Waals surface area contributed by atoms with E-state index >= 15 is 0 Å². The van der Waals surface area contributed by atoms with Gasteiger partial charge in [-0.05, 0) is 30.9 Å². The Morgan fingerprint density at radius 2 is 2.00 bits per heavy atom. The van der Waals surface area contributed by atoms with Crippen LogP contribution in [0.3, 0.4) is 0 Å². The van der Waals surface area contributed by atoms with Crippen LogP contribution in [0.2, 0.25) is 0 Å². The van der Waals surface area contributed by atoms with Gasteiger partial charge in [0.05, 0.1) is 18.3 Å². The van der Waals surface area contributed by atoms with Crippen LogP contribution >= 0.6 is 0 Å². The highest BCUT2D eigenvalue weighted by Gasteiger charge is 2.42. The van der Waals surface area contributed by atoms with E-state index in [2.05, 4.69) is 51.4 Å². The van der Waals surface area contributed by atoms with Crippen molar-refractivity contribution in [3.8, 4) is 0 Å². The molecule has 1 saturated carbocycles. The van der Waals surface area contributed by atoms with Crippen LogP contribution in [-0.2, 0) is 17.9 Å². The average Bonchev–Trinajstić information content (AvgIpc) is 3.42. The molecule has 162 valence electrons. The van der Waals surface area contributed by atoms with Crippen molar-refractivity contribution in [3.63, 3.8) is 0 Å². The number of hydrogen-bond acceptors (Lipinski definition) is 3. The van der Waals surface area contributed by atoms with E-state index in [0.717, 1.165) is 50.3 Å². The van der Waals surface area contributed by atoms with E-state index in [-0.39, 0.29) is 11.3 Å². The molecule has 1 heterocycles. The predicted octanol–water partition coefficient (Wildman–Crippen LogP) is 2.64. The summed E-state index contributed by atoms with van der Waals surface area (Å²) in [5, 5.41) is 6.75. The van der Waals surface area contributed by atoms with Crippen LogP contribution in [0.4, 0.5) is 0 Å². The molecule has 2 N–H and O–H groups in total. The van der Waals surface area contributed by atoms with Gasteiger partial charge in [-0.15, -0.1) is 0 Å². The predicted molar refractivity (Wildman–Crippen MR) is 120 cm³/mol. The zero-order valence-electron chi connectivity index (χ0n) is 18.4. The van der Waals surface area contributed by atoms with Crippen molar-refractivity contribution in [1.82, 2.24) is 25.1 Å². The Labute approximate surface area is 179 Å². The van der Waals surface area contributed by atoms with Crippen LogP contribution in [0, 0.1) is 5.41 Å². The molecule has 1 fully saturated rings. The Morgan fingerprint density at radius 1 is 1.23 bits per heavy atom. The fourth-order valence-corrected chi connectivity index (χ4v) is 4.17. The number of rotatable bonds is 8. The van der Waals surface area contributed by atoms with Crippen molar-refractivity contribution in [1.29, 1.82) is 0 Å². The van der Waals surface area contributed by atoms with Gasteiger partial charge in [0.2, 0.25) is 5.91 Å². The van der Waals surface area contributed by atoms with Gasteiger partial charge in [-0.1, -0.05) is 37.1 Å². The maximum Gasteiger partial charge on any atom is 0.230 e. The Kier molecular flexibility index (Phi) is 7.49. The average molecular weight is 411 g/mol. The fraction of sp³-hybridized carbons (Fsp3) is 0.522. The normalized spacial score (nSPS) is 15.8. The maximum absolute atomic E-state index is 12.8. The molecule has 1 amide bonds. The van der Waals surface area contributed by atoms with Crippen LogP contribution in [0.5, 0.6) is 0 Å². The first-order valence-corrected chi connectivity index (χ1v) is 10.8. The lowest BCUT2D eigenvalue weighted by Gasteiger charge is -2.31. The summed E-state index contributed by atoms with van der Waals surface area (Å²) >= 11 is 0. The van der Waals surface area contributed by atoms with E-state index in [1.165, 1.54) is 5.56 Å². The van der Waals surface area contributed by atoms with Gasteiger partial charge < -0.3 is 20.1 Å². The number of nitrogens with zero attached hydrogens (tertiary/aromatic N) is 4.